The summed E-state index contributed by atoms with van der Waals surface area (Å²) >= 11 is 0. The number of hydrogen-bond acceptors (Lipinski definition) is 4. The first-order chi connectivity index (χ1) is 8.40. The van der Waals surface area contributed by atoms with E-state index in [4.69, 9.17) is 0 Å². The topological polar surface area (TPSA) is 84.2 Å². The van der Waals surface area contributed by atoms with Crippen LogP contribution >= 0.6 is 0 Å². The second-order valence-corrected chi connectivity index (χ2v) is 5.61. The number of hydrogen-bond donors (Lipinski definition) is 2. The zero-order chi connectivity index (χ0) is 13.3. The molecule has 0 aliphatic heterocycles. The van der Waals surface area contributed by atoms with Crippen LogP contribution in [-0.2, 0) is 17.1 Å². The summed E-state index contributed by atoms with van der Waals surface area (Å²) in [5.74, 6) is -0.109. The molecule has 1 aromatic carbocycles. The van der Waals surface area contributed by atoms with Crippen molar-refractivity contribution in [1.29, 1.82) is 0 Å². The van der Waals surface area contributed by atoms with Crippen molar-refractivity contribution in [2.75, 3.05) is 4.72 Å². The van der Waals surface area contributed by atoms with Gasteiger partial charge in [-0.25, -0.2) is 8.42 Å². The molecule has 0 saturated carbocycles. The van der Waals surface area contributed by atoms with Gasteiger partial charge in [0.1, 0.15) is 10.6 Å². The Hall–Kier alpha value is -2.02. The molecule has 0 atom stereocenters. The first-order valence-corrected chi connectivity index (χ1v) is 6.68. The first kappa shape index (κ1) is 12.4. The third-order valence-corrected chi connectivity index (χ3v) is 3.78. The Bertz CT molecular complexity index is 656. The predicted molar refractivity (Wildman–Crippen MR) is 66.9 cm³/mol. The highest BCUT2D eigenvalue weighted by Crippen LogP contribution is 2.28. The van der Waals surface area contributed by atoms with Crippen molar-refractivity contribution >= 4 is 15.7 Å². The van der Waals surface area contributed by atoms with E-state index in [0.29, 0.717) is 5.56 Å². The molecule has 0 saturated heterocycles. The number of anilines is 1. The summed E-state index contributed by atoms with van der Waals surface area (Å²) in [5, 5.41) is 13.5. The van der Waals surface area contributed by atoms with Gasteiger partial charge in [0.2, 0.25) is 0 Å². The zero-order valence-corrected chi connectivity index (χ0v) is 10.8. The van der Waals surface area contributed by atoms with E-state index in [9.17, 15) is 13.5 Å². The number of phenols is 1. The highest BCUT2D eigenvalue weighted by Gasteiger charge is 2.18. The molecule has 1 heterocycles. The molecule has 96 valence electrons. The summed E-state index contributed by atoms with van der Waals surface area (Å²) < 4.78 is 27.8. The maximum atomic E-state index is 12.0. The molecular formula is C11H13N3O3S. The molecule has 2 rings (SSSR count). The number of aryl methyl sites for hydroxylation is 2. The van der Waals surface area contributed by atoms with Crippen LogP contribution in [0.1, 0.15) is 5.56 Å². The van der Waals surface area contributed by atoms with E-state index < -0.39 is 10.0 Å². The summed E-state index contributed by atoms with van der Waals surface area (Å²) in [6.07, 6.45) is 2.63. The lowest BCUT2D eigenvalue weighted by Gasteiger charge is -2.10. The van der Waals surface area contributed by atoms with Gasteiger partial charge in [0.15, 0.2) is 0 Å². The molecule has 18 heavy (non-hydrogen) atoms. The van der Waals surface area contributed by atoms with E-state index in [2.05, 4.69) is 9.82 Å². The Morgan fingerprint density at radius 2 is 2.11 bits per heavy atom. The maximum Gasteiger partial charge on any atom is 0.265 e. The molecule has 0 bridgehead atoms. The molecule has 1 aromatic heterocycles. The van der Waals surface area contributed by atoms with Crippen LogP contribution in [-0.4, -0.2) is 23.3 Å². The molecule has 6 nitrogen and oxygen atoms in total. The van der Waals surface area contributed by atoms with Gasteiger partial charge >= 0.3 is 0 Å². The van der Waals surface area contributed by atoms with Crippen LogP contribution in [0, 0.1) is 6.92 Å². The van der Waals surface area contributed by atoms with Crippen molar-refractivity contribution in [3.63, 3.8) is 0 Å². The second kappa shape index (κ2) is 4.34. The van der Waals surface area contributed by atoms with Crippen LogP contribution in [0.4, 0.5) is 5.69 Å². The van der Waals surface area contributed by atoms with E-state index in [0.717, 1.165) is 0 Å². The van der Waals surface area contributed by atoms with Crippen LogP contribution in [0.25, 0.3) is 0 Å². The first-order valence-electron chi connectivity index (χ1n) is 5.20. The normalized spacial score (nSPS) is 11.4. The number of sulfonamides is 1. The Morgan fingerprint density at radius 1 is 1.39 bits per heavy atom. The molecule has 7 heteroatoms. The molecule has 2 N–H and O–H groups in total. The number of nitrogens with one attached hydrogen (secondary N) is 1. The number of rotatable bonds is 3. The smallest absolute Gasteiger partial charge is 0.265 e. The van der Waals surface area contributed by atoms with E-state index in [1.807, 2.05) is 0 Å². The zero-order valence-electron chi connectivity index (χ0n) is 9.95. The van der Waals surface area contributed by atoms with Crippen LogP contribution in [0.3, 0.4) is 0 Å². The van der Waals surface area contributed by atoms with E-state index >= 15 is 0 Å². The summed E-state index contributed by atoms with van der Waals surface area (Å²) in [4.78, 5) is 0.0488. The van der Waals surface area contributed by atoms with Crippen LogP contribution < -0.4 is 4.72 Å². The Balaban J connectivity index is 2.40. The minimum Gasteiger partial charge on any atom is -0.506 e. The summed E-state index contributed by atoms with van der Waals surface area (Å²) in [6.45, 7) is 1.71. The molecule has 2 aromatic rings. The van der Waals surface area contributed by atoms with Crippen LogP contribution in [0.15, 0.2) is 35.5 Å². The largest absolute Gasteiger partial charge is 0.506 e. The minimum atomic E-state index is -3.73. The molecule has 0 spiro atoms. The van der Waals surface area contributed by atoms with Crippen molar-refractivity contribution in [1.82, 2.24) is 9.78 Å². The molecule has 0 fully saturated rings. The summed E-state index contributed by atoms with van der Waals surface area (Å²) in [6, 6.07) is 4.78. The Labute approximate surface area is 105 Å². The van der Waals surface area contributed by atoms with Crippen molar-refractivity contribution in [3.05, 3.63) is 36.2 Å². The molecule has 0 amide bonds. The number of aromatic nitrogens is 2. The van der Waals surface area contributed by atoms with E-state index in [1.54, 1.807) is 26.1 Å². The molecular weight excluding hydrogens is 254 g/mol. The SMILES string of the molecule is Cc1cccc(O)c1NS(=O)(=O)c1cnn(C)c1. The van der Waals surface area contributed by atoms with Gasteiger partial charge < -0.3 is 5.11 Å². The van der Waals surface area contributed by atoms with Gasteiger partial charge in [-0.1, -0.05) is 12.1 Å². The van der Waals surface area contributed by atoms with Gasteiger partial charge in [0, 0.05) is 13.2 Å². The van der Waals surface area contributed by atoms with Crippen LogP contribution in [0.2, 0.25) is 0 Å². The molecule has 0 aliphatic carbocycles. The van der Waals surface area contributed by atoms with Gasteiger partial charge in [0.05, 0.1) is 11.9 Å². The van der Waals surface area contributed by atoms with Gasteiger partial charge in [-0.05, 0) is 18.6 Å². The van der Waals surface area contributed by atoms with Crippen LogP contribution in [0.5, 0.6) is 5.75 Å². The third-order valence-electron chi connectivity index (χ3n) is 2.48. The van der Waals surface area contributed by atoms with E-state index in [1.165, 1.54) is 23.1 Å². The molecule has 0 unspecified atom stereocenters. The van der Waals surface area contributed by atoms with E-state index in [-0.39, 0.29) is 16.3 Å². The fourth-order valence-electron chi connectivity index (χ4n) is 1.52. The Morgan fingerprint density at radius 3 is 2.67 bits per heavy atom. The second-order valence-electron chi connectivity index (χ2n) is 3.92. The minimum absolute atomic E-state index is 0.0488. The lowest BCUT2D eigenvalue weighted by atomic mass is 10.2. The number of nitrogens with zero attached hydrogens (tertiary/aromatic N) is 2. The number of benzene rings is 1. The highest BCUT2D eigenvalue weighted by atomic mass is 32.2. The highest BCUT2D eigenvalue weighted by molar-refractivity contribution is 7.92. The van der Waals surface area contributed by atoms with Gasteiger partial charge in [-0.15, -0.1) is 0 Å². The van der Waals surface area contributed by atoms with Crippen molar-refractivity contribution in [2.45, 2.75) is 11.8 Å². The Kier molecular flexibility index (Phi) is 3.00. The number of phenolic OH excluding ortho intramolecular Hbond substituents is 1. The number of aromatic hydroxyl groups is 1. The number of para-hydroxylation sites is 1. The summed E-state index contributed by atoms with van der Waals surface area (Å²) in [5.41, 5.74) is 0.823. The van der Waals surface area contributed by atoms with Gasteiger partial charge in [-0.2, -0.15) is 5.10 Å². The average Bonchev–Trinajstić information content (AvgIpc) is 2.71. The van der Waals surface area contributed by atoms with Crippen molar-refractivity contribution in [3.8, 4) is 5.75 Å². The summed E-state index contributed by atoms with van der Waals surface area (Å²) in [7, 11) is -2.10. The van der Waals surface area contributed by atoms with Crippen molar-refractivity contribution in [2.24, 2.45) is 7.05 Å². The standard InChI is InChI=1S/C11H13N3O3S/c1-8-4-3-5-10(15)11(8)13-18(16,17)9-6-12-14(2)7-9/h3-7,13,15H,1-2H3. The van der Waals surface area contributed by atoms with Gasteiger partial charge in [0.25, 0.3) is 10.0 Å². The fourth-order valence-corrected chi connectivity index (χ4v) is 2.65. The third kappa shape index (κ3) is 2.30. The lowest BCUT2D eigenvalue weighted by molar-refractivity contribution is 0.477. The average molecular weight is 267 g/mol. The fraction of sp³-hybridized carbons (Fsp3) is 0.182. The quantitative estimate of drug-likeness (QED) is 0.819. The van der Waals surface area contributed by atoms with Gasteiger partial charge in [-0.3, -0.25) is 9.40 Å². The van der Waals surface area contributed by atoms with Crippen molar-refractivity contribution < 1.29 is 13.5 Å². The molecule has 0 aliphatic rings. The lowest BCUT2D eigenvalue weighted by Crippen LogP contribution is -2.13. The monoisotopic (exact) mass is 267 g/mol. The molecule has 0 radical (unpaired) electrons. The maximum absolute atomic E-state index is 12.0. The predicted octanol–water partition coefficient (Wildman–Crippen LogP) is 1.23.